The summed E-state index contributed by atoms with van der Waals surface area (Å²) in [6.07, 6.45) is 9.26. The fourth-order valence-corrected chi connectivity index (χ4v) is 3.94. The second kappa shape index (κ2) is 16.9. The van der Waals surface area contributed by atoms with Gasteiger partial charge in [0.2, 0.25) is 5.91 Å². The average Bonchev–Trinajstić information content (AvgIpc) is 3.43. The molecular formula is C23H40N2O7. The van der Waals surface area contributed by atoms with Gasteiger partial charge in [-0.15, -0.1) is 0 Å². The summed E-state index contributed by atoms with van der Waals surface area (Å²) in [4.78, 5) is 22.8. The second-order valence-electron chi connectivity index (χ2n) is 8.02. The van der Waals surface area contributed by atoms with Gasteiger partial charge < -0.3 is 34.3 Å². The topological polar surface area (TPSA) is 104 Å². The maximum atomic E-state index is 11.8. The molecule has 0 aliphatic heterocycles. The van der Waals surface area contributed by atoms with Gasteiger partial charge in [0.15, 0.2) is 0 Å². The van der Waals surface area contributed by atoms with Gasteiger partial charge in [-0.2, -0.15) is 0 Å². The van der Waals surface area contributed by atoms with Crippen LogP contribution in [0.1, 0.15) is 32.1 Å². The first-order chi connectivity index (χ1) is 15.7. The monoisotopic (exact) mass is 456 g/mol. The SMILES string of the molecule is CNC(=O)CCOCCOCCOCCOCCNC(=O)OCC1[C@H]2CC/C=C\CC[C@@H]12. The van der Waals surface area contributed by atoms with Crippen molar-refractivity contribution < 1.29 is 33.3 Å². The number of fused-ring (bicyclic) bond motifs is 1. The zero-order chi connectivity index (χ0) is 22.9. The van der Waals surface area contributed by atoms with Gasteiger partial charge in [0.05, 0.1) is 59.5 Å². The molecule has 2 aliphatic rings. The first-order valence-corrected chi connectivity index (χ1v) is 11.8. The lowest BCUT2D eigenvalue weighted by Crippen LogP contribution is -2.29. The normalized spacial score (nSPS) is 22.8. The first kappa shape index (κ1) is 26.6. The summed E-state index contributed by atoms with van der Waals surface area (Å²) in [5.41, 5.74) is 0. The number of carbonyl (C=O) groups is 2. The Kier molecular flexibility index (Phi) is 14.0. The van der Waals surface area contributed by atoms with Crippen LogP contribution < -0.4 is 10.6 Å². The van der Waals surface area contributed by atoms with Gasteiger partial charge >= 0.3 is 6.09 Å². The maximum Gasteiger partial charge on any atom is 0.407 e. The van der Waals surface area contributed by atoms with Crippen molar-refractivity contribution in [1.29, 1.82) is 0 Å². The number of hydrogen-bond donors (Lipinski definition) is 2. The Morgan fingerprint density at radius 2 is 1.34 bits per heavy atom. The zero-order valence-corrected chi connectivity index (χ0v) is 19.4. The number of amides is 2. The molecule has 2 rings (SSSR count). The quantitative estimate of drug-likeness (QED) is 0.254. The standard InChI is InChI=1S/C23H40N2O7/c1-24-22(26)8-10-28-12-14-30-16-17-31-15-13-29-11-9-25-23(27)32-18-21-19-6-4-2-3-5-7-20(19)21/h2-3,19-21H,4-18H2,1H3,(H,24,26)(H,25,27)/b3-2-/t19-,20+,21?. The Labute approximate surface area is 191 Å². The van der Waals surface area contributed by atoms with Crippen LogP contribution in [0.15, 0.2) is 12.2 Å². The Balaban J connectivity index is 1.28. The molecule has 0 radical (unpaired) electrons. The molecule has 0 aromatic rings. The minimum Gasteiger partial charge on any atom is -0.449 e. The number of alkyl carbamates (subject to hydrolysis) is 1. The van der Waals surface area contributed by atoms with Crippen LogP contribution in [0.5, 0.6) is 0 Å². The van der Waals surface area contributed by atoms with E-state index in [4.69, 9.17) is 23.7 Å². The summed E-state index contributed by atoms with van der Waals surface area (Å²) in [6, 6.07) is 0. The molecule has 0 saturated heterocycles. The molecule has 0 heterocycles. The fraction of sp³-hybridized carbons (Fsp3) is 0.826. The third-order valence-electron chi connectivity index (χ3n) is 5.80. The molecule has 9 heteroatoms. The van der Waals surface area contributed by atoms with E-state index in [1.165, 1.54) is 12.8 Å². The number of nitrogens with one attached hydrogen (secondary N) is 2. The van der Waals surface area contributed by atoms with Crippen LogP contribution in [0, 0.1) is 17.8 Å². The van der Waals surface area contributed by atoms with Crippen molar-refractivity contribution in [3.05, 3.63) is 12.2 Å². The first-order valence-electron chi connectivity index (χ1n) is 11.8. The van der Waals surface area contributed by atoms with Gasteiger partial charge in [0, 0.05) is 20.0 Å². The van der Waals surface area contributed by atoms with Crippen LogP contribution in [0.4, 0.5) is 4.79 Å². The smallest absolute Gasteiger partial charge is 0.407 e. The molecule has 2 aliphatic carbocycles. The summed E-state index contributed by atoms with van der Waals surface area (Å²) < 4.78 is 26.9. The Morgan fingerprint density at radius 3 is 1.91 bits per heavy atom. The molecule has 0 aromatic carbocycles. The van der Waals surface area contributed by atoms with E-state index in [9.17, 15) is 9.59 Å². The van der Waals surface area contributed by atoms with Crippen LogP contribution in [-0.4, -0.2) is 85.1 Å². The minimum atomic E-state index is -0.364. The Bertz CT molecular complexity index is 542. The van der Waals surface area contributed by atoms with Crippen molar-refractivity contribution in [3.63, 3.8) is 0 Å². The van der Waals surface area contributed by atoms with E-state index < -0.39 is 0 Å². The minimum absolute atomic E-state index is 0.0354. The van der Waals surface area contributed by atoms with Crippen molar-refractivity contribution in [2.45, 2.75) is 32.1 Å². The number of carbonyl (C=O) groups excluding carboxylic acids is 2. The maximum absolute atomic E-state index is 11.8. The number of allylic oxidation sites excluding steroid dienone is 2. The zero-order valence-electron chi connectivity index (χ0n) is 19.4. The van der Waals surface area contributed by atoms with Gasteiger partial charge in [0.25, 0.3) is 0 Å². The summed E-state index contributed by atoms with van der Waals surface area (Å²) in [5, 5.41) is 5.26. The Hall–Kier alpha value is -1.68. The third-order valence-corrected chi connectivity index (χ3v) is 5.80. The van der Waals surface area contributed by atoms with Crippen molar-refractivity contribution in [2.24, 2.45) is 17.8 Å². The van der Waals surface area contributed by atoms with Crippen molar-refractivity contribution in [2.75, 3.05) is 73.1 Å². The van der Waals surface area contributed by atoms with Crippen LogP contribution in [0.3, 0.4) is 0 Å². The van der Waals surface area contributed by atoms with Gasteiger partial charge in [0.1, 0.15) is 0 Å². The predicted octanol–water partition coefficient (Wildman–Crippen LogP) is 1.91. The van der Waals surface area contributed by atoms with E-state index in [-0.39, 0.29) is 12.0 Å². The molecule has 9 nitrogen and oxygen atoms in total. The lowest BCUT2D eigenvalue weighted by Gasteiger charge is -2.09. The largest absolute Gasteiger partial charge is 0.449 e. The van der Waals surface area contributed by atoms with E-state index in [1.807, 2.05) is 0 Å². The van der Waals surface area contributed by atoms with Gasteiger partial charge in [-0.3, -0.25) is 4.79 Å². The molecule has 3 atom stereocenters. The van der Waals surface area contributed by atoms with Crippen LogP contribution in [0.2, 0.25) is 0 Å². The lowest BCUT2D eigenvalue weighted by molar-refractivity contribution is -0.121. The van der Waals surface area contributed by atoms with Crippen LogP contribution in [-0.2, 0) is 28.5 Å². The van der Waals surface area contributed by atoms with Gasteiger partial charge in [-0.05, 0) is 43.4 Å². The summed E-state index contributed by atoms with van der Waals surface area (Å²) in [5.74, 6) is 1.97. The lowest BCUT2D eigenvalue weighted by atomic mass is 10.1. The summed E-state index contributed by atoms with van der Waals surface area (Å²) in [6.45, 7) is 4.56. The van der Waals surface area contributed by atoms with Gasteiger partial charge in [-0.1, -0.05) is 12.2 Å². The summed E-state index contributed by atoms with van der Waals surface area (Å²) in [7, 11) is 1.60. The number of ether oxygens (including phenoxy) is 5. The van der Waals surface area contributed by atoms with Gasteiger partial charge in [-0.25, -0.2) is 4.79 Å². The van der Waals surface area contributed by atoms with Crippen LogP contribution >= 0.6 is 0 Å². The number of rotatable bonds is 17. The van der Waals surface area contributed by atoms with E-state index in [1.54, 1.807) is 7.05 Å². The summed E-state index contributed by atoms with van der Waals surface area (Å²) >= 11 is 0. The molecule has 0 bridgehead atoms. The van der Waals surface area contributed by atoms with E-state index in [2.05, 4.69) is 22.8 Å². The molecule has 2 N–H and O–H groups in total. The third kappa shape index (κ3) is 11.8. The predicted molar refractivity (Wildman–Crippen MR) is 119 cm³/mol. The highest BCUT2D eigenvalue weighted by Crippen LogP contribution is 2.52. The number of hydrogen-bond acceptors (Lipinski definition) is 7. The molecule has 184 valence electrons. The highest BCUT2D eigenvalue weighted by molar-refractivity contribution is 5.75. The van der Waals surface area contributed by atoms with E-state index in [0.717, 1.165) is 24.7 Å². The van der Waals surface area contributed by atoms with E-state index in [0.29, 0.717) is 78.3 Å². The molecule has 1 saturated carbocycles. The fourth-order valence-electron chi connectivity index (χ4n) is 3.94. The molecule has 2 amide bonds. The van der Waals surface area contributed by atoms with E-state index >= 15 is 0 Å². The second-order valence-corrected chi connectivity index (χ2v) is 8.02. The van der Waals surface area contributed by atoms with Crippen molar-refractivity contribution in [1.82, 2.24) is 10.6 Å². The molecule has 32 heavy (non-hydrogen) atoms. The van der Waals surface area contributed by atoms with Crippen molar-refractivity contribution in [3.8, 4) is 0 Å². The highest BCUT2D eigenvalue weighted by atomic mass is 16.6. The molecule has 1 unspecified atom stereocenters. The Morgan fingerprint density at radius 1 is 0.812 bits per heavy atom. The average molecular weight is 457 g/mol. The molecule has 0 spiro atoms. The molecule has 1 fully saturated rings. The van der Waals surface area contributed by atoms with Crippen LogP contribution in [0.25, 0.3) is 0 Å². The molecule has 0 aromatic heterocycles. The highest BCUT2D eigenvalue weighted by Gasteiger charge is 2.49. The molecular weight excluding hydrogens is 416 g/mol. The van der Waals surface area contributed by atoms with Crippen molar-refractivity contribution >= 4 is 12.0 Å².